The third-order valence-corrected chi connectivity index (χ3v) is 2.10. The Hall–Kier alpha value is -1.09. The van der Waals surface area contributed by atoms with Gasteiger partial charge in [-0.25, -0.2) is 0 Å². The van der Waals surface area contributed by atoms with Crippen molar-refractivity contribution in [1.82, 2.24) is 5.32 Å². The van der Waals surface area contributed by atoms with Crippen LogP contribution in [0.2, 0.25) is 0 Å². The fourth-order valence-electron chi connectivity index (χ4n) is 1.54. The highest BCUT2D eigenvalue weighted by Gasteiger charge is 2.20. The van der Waals surface area contributed by atoms with Gasteiger partial charge < -0.3 is 11.1 Å². The first-order valence-electron chi connectivity index (χ1n) is 4.17. The molecule has 1 fully saturated rings. The number of nitrogens with one attached hydrogen (secondary N) is 1. The molecule has 2 heterocycles. The molecule has 0 bridgehead atoms. The van der Waals surface area contributed by atoms with Crippen LogP contribution in [0.4, 0.5) is 0 Å². The Labute approximate surface area is 72.1 Å². The van der Waals surface area contributed by atoms with E-state index in [2.05, 4.69) is 16.4 Å². The van der Waals surface area contributed by atoms with Crippen LogP contribution in [0.15, 0.2) is 28.5 Å². The molecule has 0 radical (unpaired) electrons. The van der Waals surface area contributed by atoms with Gasteiger partial charge >= 0.3 is 0 Å². The van der Waals surface area contributed by atoms with Gasteiger partial charge in [-0.1, -0.05) is 6.08 Å². The van der Waals surface area contributed by atoms with Crippen molar-refractivity contribution < 1.29 is 0 Å². The van der Waals surface area contributed by atoms with Crippen LogP contribution in [-0.4, -0.2) is 18.3 Å². The molecule has 64 valence electrons. The van der Waals surface area contributed by atoms with Crippen LogP contribution in [0, 0.1) is 0 Å². The molecule has 2 aliphatic rings. The first-order chi connectivity index (χ1) is 5.67. The van der Waals surface area contributed by atoms with Gasteiger partial charge in [-0.3, -0.25) is 4.99 Å². The van der Waals surface area contributed by atoms with E-state index in [0.29, 0.717) is 0 Å². The number of rotatable bonds is 0. The number of nitrogens with zero attached hydrogens (tertiary/aromatic N) is 1. The van der Waals surface area contributed by atoms with Crippen molar-refractivity contribution in [3.05, 3.63) is 23.5 Å². The molecule has 2 rings (SSSR count). The van der Waals surface area contributed by atoms with E-state index >= 15 is 0 Å². The first-order valence-corrected chi connectivity index (χ1v) is 4.17. The summed E-state index contributed by atoms with van der Waals surface area (Å²) in [6.45, 7) is 2.96. The molecule has 12 heavy (non-hydrogen) atoms. The zero-order valence-corrected chi connectivity index (χ0v) is 7.17. The van der Waals surface area contributed by atoms with E-state index in [1.165, 1.54) is 5.57 Å². The predicted molar refractivity (Wildman–Crippen MR) is 49.9 cm³/mol. The summed E-state index contributed by atoms with van der Waals surface area (Å²) in [5.41, 5.74) is 7.97. The molecule has 1 saturated heterocycles. The van der Waals surface area contributed by atoms with Gasteiger partial charge in [-0.05, 0) is 18.9 Å². The Morgan fingerprint density at radius 2 is 2.50 bits per heavy atom. The molecule has 1 atom stereocenters. The summed E-state index contributed by atoms with van der Waals surface area (Å²) in [5, 5.41) is 3.26. The molecule has 2 aliphatic heterocycles. The second-order valence-electron chi connectivity index (χ2n) is 3.53. The minimum atomic E-state index is -0.389. The maximum absolute atomic E-state index is 5.95. The minimum absolute atomic E-state index is 0.389. The molecule has 3 N–H and O–H groups in total. The number of allylic oxidation sites excluding steroid dienone is 1. The lowest BCUT2D eigenvalue weighted by Crippen LogP contribution is -2.35. The van der Waals surface area contributed by atoms with Crippen LogP contribution in [0.3, 0.4) is 0 Å². The summed E-state index contributed by atoms with van der Waals surface area (Å²) in [6, 6.07) is 0. The van der Waals surface area contributed by atoms with Crippen molar-refractivity contribution in [2.24, 2.45) is 10.7 Å². The topological polar surface area (TPSA) is 50.4 Å². The number of fused-ring (bicyclic) bond motifs is 1. The third-order valence-electron chi connectivity index (χ3n) is 2.10. The van der Waals surface area contributed by atoms with E-state index in [4.69, 9.17) is 5.73 Å². The Morgan fingerprint density at radius 1 is 1.67 bits per heavy atom. The molecule has 0 amide bonds. The van der Waals surface area contributed by atoms with Crippen molar-refractivity contribution in [2.45, 2.75) is 18.9 Å². The monoisotopic (exact) mass is 163 g/mol. The molecule has 0 aliphatic carbocycles. The van der Waals surface area contributed by atoms with Gasteiger partial charge in [0.05, 0.1) is 11.2 Å². The summed E-state index contributed by atoms with van der Waals surface area (Å²) < 4.78 is 0. The molecule has 0 aromatic carbocycles. The smallest absolute Gasteiger partial charge is 0.0676 e. The van der Waals surface area contributed by atoms with Crippen molar-refractivity contribution in [3.8, 4) is 0 Å². The van der Waals surface area contributed by atoms with Crippen molar-refractivity contribution in [1.29, 1.82) is 0 Å². The maximum Gasteiger partial charge on any atom is 0.0676 e. The Balaban J connectivity index is 2.40. The molecular formula is C9H13N3. The van der Waals surface area contributed by atoms with Crippen molar-refractivity contribution in [2.75, 3.05) is 6.54 Å². The van der Waals surface area contributed by atoms with Gasteiger partial charge in [0.15, 0.2) is 0 Å². The van der Waals surface area contributed by atoms with E-state index in [-0.39, 0.29) is 5.54 Å². The molecule has 3 heteroatoms. The van der Waals surface area contributed by atoms with E-state index in [1.54, 1.807) is 6.21 Å². The highest BCUT2D eigenvalue weighted by molar-refractivity contribution is 5.74. The molecule has 0 aromatic heterocycles. The zero-order chi connectivity index (χ0) is 8.60. The van der Waals surface area contributed by atoms with E-state index in [1.807, 2.05) is 13.1 Å². The van der Waals surface area contributed by atoms with Gasteiger partial charge in [0.25, 0.3) is 0 Å². The second kappa shape index (κ2) is 2.45. The van der Waals surface area contributed by atoms with Crippen LogP contribution in [0.25, 0.3) is 0 Å². The fourth-order valence-corrected chi connectivity index (χ4v) is 1.54. The third kappa shape index (κ3) is 1.28. The van der Waals surface area contributed by atoms with Crippen molar-refractivity contribution in [3.63, 3.8) is 0 Å². The first kappa shape index (κ1) is 7.55. The fraction of sp³-hybridized carbons (Fsp3) is 0.444. The minimum Gasteiger partial charge on any atom is -0.383 e. The van der Waals surface area contributed by atoms with Gasteiger partial charge in [0, 0.05) is 19.0 Å². The predicted octanol–water partition coefficient (Wildman–Crippen LogP) is 0.549. The van der Waals surface area contributed by atoms with Crippen LogP contribution in [-0.2, 0) is 0 Å². The summed E-state index contributed by atoms with van der Waals surface area (Å²) in [4.78, 5) is 4.14. The summed E-state index contributed by atoms with van der Waals surface area (Å²) in [6.07, 6.45) is 6.75. The average molecular weight is 163 g/mol. The molecule has 0 aromatic rings. The Kier molecular flexibility index (Phi) is 1.54. The van der Waals surface area contributed by atoms with Crippen LogP contribution in [0.5, 0.6) is 0 Å². The van der Waals surface area contributed by atoms with Crippen LogP contribution in [0.1, 0.15) is 13.3 Å². The van der Waals surface area contributed by atoms with Gasteiger partial charge in [0.2, 0.25) is 0 Å². The average Bonchev–Trinajstić information content (AvgIpc) is 2.31. The van der Waals surface area contributed by atoms with Gasteiger partial charge in [-0.15, -0.1) is 0 Å². The number of hydrogen-bond acceptors (Lipinski definition) is 3. The molecule has 1 unspecified atom stereocenters. The summed E-state index contributed by atoms with van der Waals surface area (Å²) in [5.74, 6) is 0. The molecule has 3 nitrogen and oxygen atoms in total. The lowest BCUT2D eigenvalue weighted by Gasteiger charge is -2.13. The molecule has 0 spiro atoms. The normalized spacial score (nSPS) is 33.2. The lowest BCUT2D eigenvalue weighted by molar-refractivity contribution is 0.792. The number of aliphatic imine (C=N–C) groups is 1. The maximum atomic E-state index is 5.95. The summed E-state index contributed by atoms with van der Waals surface area (Å²) in [7, 11) is 0. The highest BCUT2D eigenvalue weighted by atomic mass is 14.9. The van der Waals surface area contributed by atoms with E-state index in [9.17, 15) is 0 Å². The van der Waals surface area contributed by atoms with Gasteiger partial charge in [0.1, 0.15) is 0 Å². The number of hydrogen-bond donors (Lipinski definition) is 2. The molecular weight excluding hydrogens is 150 g/mol. The van der Waals surface area contributed by atoms with Crippen LogP contribution >= 0.6 is 0 Å². The lowest BCUT2D eigenvalue weighted by atomic mass is 10.0. The summed E-state index contributed by atoms with van der Waals surface area (Å²) >= 11 is 0. The zero-order valence-electron chi connectivity index (χ0n) is 7.17. The SMILES string of the molecule is CC1(N)C=NC=C2NCCC2=C1. The van der Waals surface area contributed by atoms with E-state index < -0.39 is 0 Å². The van der Waals surface area contributed by atoms with Gasteiger partial charge in [-0.2, -0.15) is 0 Å². The Morgan fingerprint density at radius 3 is 3.33 bits per heavy atom. The largest absolute Gasteiger partial charge is 0.383 e. The molecule has 0 saturated carbocycles. The quantitative estimate of drug-likeness (QED) is 0.548. The van der Waals surface area contributed by atoms with E-state index in [0.717, 1.165) is 18.7 Å². The standard InChI is InChI=1S/C9H13N3/c1-9(10)4-7-2-3-12-8(7)5-11-6-9/h4-6,12H,2-3,10H2,1H3. The Bertz CT molecular complexity index is 284. The second-order valence-corrected chi connectivity index (χ2v) is 3.53. The highest BCUT2D eigenvalue weighted by Crippen LogP contribution is 2.22. The number of nitrogens with two attached hydrogens (primary N) is 1. The van der Waals surface area contributed by atoms with Crippen LogP contribution < -0.4 is 11.1 Å². The van der Waals surface area contributed by atoms with Crippen molar-refractivity contribution >= 4 is 6.21 Å².